The van der Waals surface area contributed by atoms with Crippen LogP contribution in [0.15, 0.2) is 42.5 Å². The summed E-state index contributed by atoms with van der Waals surface area (Å²) >= 11 is 0. The molecule has 0 radical (unpaired) electrons. The number of phenolic OH excluding ortho intramolecular Hbond substituents is 1. The zero-order valence-electron chi connectivity index (χ0n) is 12.5. The number of aromatic hydroxyl groups is 1. The van der Waals surface area contributed by atoms with E-state index >= 15 is 0 Å². The standard InChI is InChI=1S/C18H20N2O2/c21-16-3-1-2-13(10-16)14-4-5-18-17(11-14)20-8-7-19-12-15(20)6-9-22-18/h1-5,10-11,15,19,21H,6-9,12H2/t15-/m0/s1. The van der Waals surface area contributed by atoms with E-state index in [1.165, 1.54) is 5.69 Å². The summed E-state index contributed by atoms with van der Waals surface area (Å²) in [6.07, 6.45) is 1.04. The first kappa shape index (κ1) is 13.5. The lowest BCUT2D eigenvalue weighted by molar-refractivity contribution is 0.304. The van der Waals surface area contributed by atoms with E-state index in [2.05, 4.69) is 28.4 Å². The number of piperazine rings is 1. The summed E-state index contributed by atoms with van der Waals surface area (Å²) in [6.45, 7) is 3.79. The van der Waals surface area contributed by atoms with Crippen molar-refractivity contribution >= 4 is 5.69 Å². The normalized spacial score (nSPS) is 20.5. The summed E-state index contributed by atoms with van der Waals surface area (Å²) in [5.41, 5.74) is 3.31. The fourth-order valence-electron chi connectivity index (χ4n) is 3.37. The zero-order chi connectivity index (χ0) is 14.9. The van der Waals surface area contributed by atoms with Crippen molar-refractivity contribution in [3.05, 3.63) is 42.5 Å². The van der Waals surface area contributed by atoms with E-state index in [9.17, 15) is 5.11 Å². The van der Waals surface area contributed by atoms with Crippen LogP contribution in [0, 0.1) is 0 Å². The summed E-state index contributed by atoms with van der Waals surface area (Å²) in [6, 6.07) is 14.2. The molecule has 114 valence electrons. The first-order valence-electron chi connectivity index (χ1n) is 7.85. The van der Waals surface area contributed by atoms with Gasteiger partial charge in [0.1, 0.15) is 11.5 Å². The Morgan fingerprint density at radius 1 is 1.14 bits per heavy atom. The summed E-state index contributed by atoms with van der Waals surface area (Å²) in [7, 11) is 0. The summed E-state index contributed by atoms with van der Waals surface area (Å²) in [4.78, 5) is 2.46. The van der Waals surface area contributed by atoms with Crippen LogP contribution in [-0.4, -0.2) is 37.4 Å². The maximum absolute atomic E-state index is 9.70. The Morgan fingerprint density at radius 2 is 2.05 bits per heavy atom. The molecule has 22 heavy (non-hydrogen) atoms. The number of phenols is 1. The molecule has 0 bridgehead atoms. The minimum Gasteiger partial charge on any atom is -0.508 e. The van der Waals surface area contributed by atoms with Crippen LogP contribution in [0.2, 0.25) is 0 Å². The van der Waals surface area contributed by atoms with Crippen LogP contribution in [0.5, 0.6) is 11.5 Å². The number of benzene rings is 2. The molecule has 2 aromatic rings. The van der Waals surface area contributed by atoms with Crippen molar-refractivity contribution in [3.63, 3.8) is 0 Å². The molecular weight excluding hydrogens is 276 g/mol. The van der Waals surface area contributed by atoms with Gasteiger partial charge in [-0.1, -0.05) is 18.2 Å². The minimum atomic E-state index is 0.295. The number of nitrogens with one attached hydrogen (secondary N) is 1. The smallest absolute Gasteiger partial charge is 0.142 e. The molecule has 2 heterocycles. The van der Waals surface area contributed by atoms with Gasteiger partial charge in [0.05, 0.1) is 12.3 Å². The van der Waals surface area contributed by atoms with E-state index < -0.39 is 0 Å². The Balaban J connectivity index is 1.77. The topological polar surface area (TPSA) is 44.7 Å². The van der Waals surface area contributed by atoms with Crippen LogP contribution in [-0.2, 0) is 0 Å². The van der Waals surface area contributed by atoms with E-state index in [0.717, 1.165) is 49.5 Å². The Labute approximate surface area is 130 Å². The minimum absolute atomic E-state index is 0.295. The Kier molecular flexibility index (Phi) is 3.39. The van der Waals surface area contributed by atoms with E-state index in [-0.39, 0.29) is 0 Å². The van der Waals surface area contributed by atoms with Crippen molar-refractivity contribution in [3.8, 4) is 22.6 Å². The van der Waals surface area contributed by atoms with Crippen LogP contribution < -0.4 is 15.0 Å². The molecule has 2 N–H and O–H groups in total. The van der Waals surface area contributed by atoms with Crippen LogP contribution >= 0.6 is 0 Å². The second-order valence-electron chi connectivity index (χ2n) is 5.92. The number of rotatable bonds is 1. The van der Waals surface area contributed by atoms with Crippen molar-refractivity contribution in [2.75, 3.05) is 31.1 Å². The van der Waals surface area contributed by atoms with Crippen molar-refractivity contribution < 1.29 is 9.84 Å². The Morgan fingerprint density at radius 3 is 2.95 bits per heavy atom. The molecule has 4 nitrogen and oxygen atoms in total. The van der Waals surface area contributed by atoms with E-state index in [1.807, 2.05) is 12.1 Å². The van der Waals surface area contributed by atoms with Gasteiger partial charge in [-0.05, 0) is 35.4 Å². The van der Waals surface area contributed by atoms with Gasteiger partial charge in [0.15, 0.2) is 0 Å². The third-order valence-electron chi connectivity index (χ3n) is 4.51. The Hall–Kier alpha value is -2.20. The molecule has 0 aromatic heterocycles. The fourth-order valence-corrected chi connectivity index (χ4v) is 3.37. The molecule has 1 atom stereocenters. The summed E-state index contributed by atoms with van der Waals surface area (Å²) in [5.74, 6) is 1.26. The quantitative estimate of drug-likeness (QED) is 0.849. The van der Waals surface area contributed by atoms with Gasteiger partial charge in [0.25, 0.3) is 0 Å². The molecule has 0 unspecified atom stereocenters. The second kappa shape index (κ2) is 5.54. The summed E-state index contributed by atoms with van der Waals surface area (Å²) in [5, 5.41) is 13.2. The van der Waals surface area contributed by atoms with Crippen molar-refractivity contribution in [1.29, 1.82) is 0 Å². The second-order valence-corrected chi connectivity index (χ2v) is 5.92. The van der Waals surface area contributed by atoms with Gasteiger partial charge in [-0.3, -0.25) is 0 Å². The van der Waals surface area contributed by atoms with Gasteiger partial charge in [-0.25, -0.2) is 0 Å². The summed E-state index contributed by atoms with van der Waals surface area (Å²) < 4.78 is 5.94. The zero-order valence-corrected chi connectivity index (χ0v) is 12.5. The molecule has 2 aliphatic heterocycles. The molecule has 0 amide bonds. The third kappa shape index (κ3) is 2.40. The van der Waals surface area contributed by atoms with Crippen molar-refractivity contribution in [2.45, 2.75) is 12.5 Å². The molecule has 4 heteroatoms. The molecule has 0 saturated carbocycles. The van der Waals surface area contributed by atoms with Crippen molar-refractivity contribution in [2.24, 2.45) is 0 Å². The number of nitrogens with zero attached hydrogens (tertiary/aromatic N) is 1. The van der Waals surface area contributed by atoms with Crippen molar-refractivity contribution in [1.82, 2.24) is 5.32 Å². The van der Waals surface area contributed by atoms with Crippen LogP contribution in [0.4, 0.5) is 5.69 Å². The largest absolute Gasteiger partial charge is 0.508 e. The van der Waals surface area contributed by atoms with Crippen LogP contribution in [0.25, 0.3) is 11.1 Å². The Bertz CT molecular complexity index is 687. The molecule has 1 saturated heterocycles. The first-order valence-corrected chi connectivity index (χ1v) is 7.85. The fraction of sp³-hybridized carbons (Fsp3) is 0.333. The molecular formula is C18H20N2O2. The third-order valence-corrected chi connectivity index (χ3v) is 4.51. The van der Waals surface area contributed by atoms with E-state index in [1.54, 1.807) is 12.1 Å². The highest BCUT2D eigenvalue weighted by atomic mass is 16.5. The highest BCUT2D eigenvalue weighted by molar-refractivity contribution is 5.74. The maximum Gasteiger partial charge on any atom is 0.142 e. The molecule has 0 spiro atoms. The lowest BCUT2D eigenvalue weighted by Crippen LogP contribution is -2.51. The van der Waals surface area contributed by atoms with Gasteiger partial charge in [-0.2, -0.15) is 0 Å². The average Bonchev–Trinajstić information content (AvgIpc) is 2.74. The molecule has 2 aromatic carbocycles. The molecule has 2 aliphatic rings. The number of fused-ring (bicyclic) bond motifs is 3. The number of hydrogen-bond acceptors (Lipinski definition) is 4. The lowest BCUT2D eigenvalue weighted by Gasteiger charge is -2.36. The van der Waals surface area contributed by atoms with Gasteiger partial charge in [0, 0.05) is 32.1 Å². The maximum atomic E-state index is 9.70. The average molecular weight is 296 g/mol. The molecule has 4 rings (SSSR count). The van der Waals surface area contributed by atoms with Gasteiger partial charge in [0.2, 0.25) is 0 Å². The predicted octanol–water partition coefficient (Wildman–Crippen LogP) is 2.62. The van der Waals surface area contributed by atoms with Gasteiger partial charge < -0.3 is 20.1 Å². The van der Waals surface area contributed by atoms with Gasteiger partial charge >= 0.3 is 0 Å². The number of anilines is 1. The predicted molar refractivity (Wildman–Crippen MR) is 87.7 cm³/mol. The molecule has 1 fully saturated rings. The lowest BCUT2D eigenvalue weighted by atomic mass is 10.0. The number of hydrogen-bond donors (Lipinski definition) is 2. The SMILES string of the molecule is Oc1cccc(-c2ccc3c(c2)N2CCNC[C@@H]2CCO3)c1. The van der Waals surface area contributed by atoms with Crippen LogP contribution in [0.1, 0.15) is 6.42 Å². The van der Waals surface area contributed by atoms with E-state index in [0.29, 0.717) is 11.8 Å². The highest BCUT2D eigenvalue weighted by Crippen LogP contribution is 2.37. The monoisotopic (exact) mass is 296 g/mol. The molecule has 0 aliphatic carbocycles. The van der Waals surface area contributed by atoms with Gasteiger partial charge in [-0.15, -0.1) is 0 Å². The first-order chi connectivity index (χ1) is 10.8. The van der Waals surface area contributed by atoms with Crippen LogP contribution in [0.3, 0.4) is 0 Å². The number of ether oxygens (including phenoxy) is 1. The van der Waals surface area contributed by atoms with E-state index in [4.69, 9.17) is 4.74 Å². The highest BCUT2D eigenvalue weighted by Gasteiger charge is 2.27.